The number of aromatic nitrogens is 1. The van der Waals surface area contributed by atoms with Crippen molar-refractivity contribution in [2.75, 3.05) is 0 Å². The molecule has 0 atom stereocenters. The van der Waals surface area contributed by atoms with E-state index in [0.29, 0.717) is 12.6 Å². The molecule has 1 saturated carbocycles. The zero-order chi connectivity index (χ0) is 16.4. The van der Waals surface area contributed by atoms with Gasteiger partial charge in [-0.25, -0.2) is 0 Å². The van der Waals surface area contributed by atoms with Crippen LogP contribution in [-0.2, 0) is 13.1 Å². The first-order valence-electron chi connectivity index (χ1n) is 8.64. The third-order valence-electron chi connectivity index (χ3n) is 4.53. The fourth-order valence-electron chi connectivity index (χ4n) is 2.99. The molecule has 1 fully saturated rings. The molecule has 23 heavy (non-hydrogen) atoms. The quantitative estimate of drug-likeness (QED) is 0.880. The first-order chi connectivity index (χ1) is 11.1. The standard InChI is InChI=1S/C20H26N2O/c1-4-11-22-19(18-12-14(2)5-6-15(18)3)10-7-16(20(22)23)13-21-17-8-9-17/h5-7,10,12,17,21H,4,8-9,11,13H2,1-3H3. The molecule has 3 nitrogen and oxygen atoms in total. The monoisotopic (exact) mass is 310 g/mol. The molecule has 0 radical (unpaired) electrons. The van der Waals surface area contributed by atoms with Crippen LogP contribution in [0, 0.1) is 13.8 Å². The van der Waals surface area contributed by atoms with Crippen molar-refractivity contribution in [1.82, 2.24) is 9.88 Å². The second kappa shape index (κ2) is 6.71. The summed E-state index contributed by atoms with van der Waals surface area (Å²) >= 11 is 0. The zero-order valence-electron chi connectivity index (χ0n) is 14.4. The van der Waals surface area contributed by atoms with Gasteiger partial charge in [0.1, 0.15) is 0 Å². The molecule has 1 heterocycles. The molecule has 1 aliphatic carbocycles. The van der Waals surface area contributed by atoms with E-state index in [2.05, 4.69) is 50.4 Å². The molecule has 0 aliphatic heterocycles. The Morgan fingerprint density at radius 3 is 2.65 bits per heavy atom. The summed E-state index contributed by atoms with van der Waals surface area (Å²) in [6, 6.07) is 11.2. The summed E-state index contributed by atoms with van der Waals surface area (Å²) in [5, 5.41) is 3.45. The van der Waals surface area contributed by atoms with E-state index in [1.165, 1.54) is 24.0 Å². The van der Waals surface area contributed by atoms with Crippen molar-refractivity contribution in [3.8, 4) is 11.3 Å². The Balaban J connectivity index is 2.03. The summed E-state index contributed by atoms with van der Waals surface area (Å²) in [7, 11) is 0. The van der Waals surface area contributed by atoms with Crippen molar-refractivity contribution >= 4 is 0 Å². The van der Waals surface area contributed by atoms with Gasteiger partial charge in [-0.15, -0.1) is 0 Å². The highest BCUT2D eigenvalue weighted by Gasteiger charge is 2.21. The van der Waals surface area contributed by atoms with Gasteiger partial charge in [0, 0.05) is 30.3 Å². The topological polar surface area (TPSA) is 34.0 Å². The Hall–Kier alpha value is -1.87. The average Bonchev–Trinajstić information content (AvgIpc) is 3.35. The van der Waals surface area contributed by atoms with Gasteiger partial charge in [-0.3, -0.25) is 4.79 Å². The zero-order valence-corrected chi connectivity index (χ0v) is 14.4. The second-order valence-electron chi connectivity index (χ2n) is 6.67. The third-order valence-corrected chi connectivity index (χ3v) is 4.53. The summed E-state index contributed by atoms with van der Waals surface area (Å²) in [6.45, 7) is 7.77. The largest absolute Gasteiger partial charge is 0.310 e. The third kappa shape index (κ3) is 3.56. The van der Waals surface area contributed by atoms with Crippen molar-refractivity contribution in [1.29, 1.82) is 0 Å². The second-order valence-corrected chi connectivity index (χ2v) is 6.67. The van der Waals surface area contributed by atoms with Gasteiger partial charge in [0.05, 0.1) is 5.69 Å². The maximum atomic E-state index is 12.9. The summed E-state index contributed by atoms with van der Waals surface area (Å²) in [5.74, 6) is 0. The smallest absolute Gasteiger partial charge is 0.255 e. The van der Waals surface area contributed by atoms with Crippen LogP contribution in [0.1, 0.15) is 42.9 Å². The summed E-state index contributed by atoms with van der Waals surface area (Å²) in [4.78, 5) is 12.9. The van der Waals surface area contributed by atoms with Crippen molar-refractivity contribution in [2.45, 2.75) is 59.2 Å². The Kier molecular flexibility index (Phi) is 4.67. The first kappa shape index (κ1) is 16.0. The molecule has 3 heteroatoms. The van der Waals surface area contributed by atoms with E-state index >= 15 is 0 Å². The minimum Gasteiger partial charge on any atom is -0.310 e. The van der Waals surface area contributed by atoms with Crippen molar-refractivity contribution in [3.63, 3.8) is 0 Å². The van der Waals surface area contributed by atoms with Gasteiger partial charge < -0.3 is 9.88 Å². The number of nitrogens with zero attached hydrogens (tertiary/aromatic N) is 1. The lowest BCUT2D eigenvalue weighted by Gasteiger charge is -2.16. The molecule has 1 aromatic heterocycles. The summed E-state index contributed by atoms with van der Waals surface area (Å²) in [6.07, 6.45) is 3.44. The number of rotatable bonds is 6. The lowest BCUT2D eigenvalue weighted by molar-refractivity contribution is 0.632. The molecule has 2 aromatic rings. The van der Waals surface area contributed by atoms with E-state index in [4.69, 9.17) is 0 Å². The highest BCUT2D eigenvalue weighted by molar-refractivity contribution is 5.65. The van der Waals surface area contributed by atoms with Crippen molar-refractivity contribution in [3.05, 3.63) is 57.4 Å². The molecule has 3 rings (SSSR count). The molecular formula is C20H26N2O. The van der Waals surface area contributed by atoms with Crippen LogP contribution in [0.25, 0.3) is 11.3 Å². The number of hydrogen-bond donors (Lipinski definition) is 1. The van der Waals surface area contributed by atoms with Crippen LogP contribution < -0.4 is 10.9 Å². The molecule has 1 aromatic carbocycles. The summed E-state index contributed by atoms with van der Waals surface area (Å²) < 4.78 is 1.95. The predicted molar refractivity (Wildman–Crippen MR) is 95.8 cm³/mol. The number of pyridine rings is 1. The minimum absolute atomic E-state index is 0.151. The number of aryl methyl sites for hydroxylation is 2. The van der Waals surface area contributed by atoms with Crippen LogP contribution in [0.4, 0.5) is 0 Å². The molecule has 0 saturated heterocycles. The highest BCUT2D eigenvalue weighted by atomic mass is 16.1. The van der Waals surface area contributed by atoms with E-state index in [1.807, 2.05) is 10.6 Å². The van der Waals surface area contributed by atoms with Gasteiger partial charge in [0.25, 0.3) is 5.56 Å². The highest BCUT2D eigenvalue weighted by Crippen LogP contribution is 2.24. The molecular weight excluding hydrogens is 284 g/mol. The van der Waals surface area contributed by atoms with Crippen molar-refractivity contribution < 1.29 is 0 Å². The molecule has 1 N–H and O–H groups in total. The maximum absolute atomic E-state index is 12.9. The SMILES string of the molecule is CCCn1c(-c2cc(C)ccc2C)ccc(CNC2CC2)c1=O. The van der Waals surface area contributed by atoms with E-state index in [0.717, 1.165) is 29.8 Å². The van der Waals surface area contributed by atoms with Crippen LogP contribution in [0.15, 0.2) is 35.1 Å². The van der Waals surface area contributed by atoms with Gasteiger partial charge in [-0.1, -0.05) is 30.7 Å². The van der Waals surface area contributed by atoms with E-state index < -0.39 is 0 Å². The number of hydrogen-bond acceptors (Lipinski definition) is 2. The Morgan fingerprint density at radius 1 is 1.17 bits per heavy atom. The van der Waals surface area contributed by atoms with Gasteiger partial charge in [-0.2, -0.15) is 0 Å². The Bertz CT molecular complexity index is 757. The normalized spacial score (nSPS) is 14.2. The van der Waals surface area contributed by atoms with Crippen LogP contribution in [0.3, 0.4) is 0 Å². The fraction of sp³-hybridized carbons (Fsp3) is 0.450. The fourth-order valence-corrected chi connectivity index (χ4v) is 2.99. The Labute approximate surface area is 138 Å². The van der Waals surface area contributed by atoms with Crippen LogP contribution in [-0.4, -0.2) is 10.6 Å². The minimum atomic E-state index is 0.151. The van der Waals surface area contributed by atoms with Crippen LogP contribution in [0.2, 0.25) is 0 Å². The molecule has 0 unspecified atom stereocenters. The van der Waals surface area contributed by atoms with Gasteiger partial charge in [-0.05, 0) is 50.8 Å². The molecule has 0 spiro atoms. The number of benzene rings is 1. The predicted octanol–water partition coefficient (Wildman–Crippen LogP) is 3.79. The average molecular weight is 310 g/mol. The molecule has 0 bridgehead atoms. The molecule has 1 aliphatic rings. The van der Waals surface area contributed by atoms with E-state index in [9.17, 15) is 4.79 Å². The number of nitrogens with one attached hydrogen (secondary N) is 1. The molecule has 122 valence electrons. The first-order valence-corrected chi connectivity index (χ1v) is 8.64. The van der Waals surface area contributed by atoms with Gasteiger partial charge in [0.2, 0.25) is 0 Å². The van der Waals surface area contributed by atoms with Gasteiger partial charge in [0.15, 0.2) is 0 Å². The lowest BCUT2D eigenvalue weighted by atomic mass is 10.0. The Morgan fingerprint density at radius 2 is 1.96 bits per heavy atom. The van der Waals surface area contributed by atoms with Crippen molar-refractivity contribution in [2.24, 2.45) is 0 Å². The molecule has 0 amide bonds. The van der Waals surface area contributed by atoms with Gasteiger partial charge >= 0.3 is 0 Å². The van der Waals surface area contributed by atoms with Crippen LogP contribution >= 0.6 is 0 Å². The maximum Gasteiger partial charge on any atom is 0.255 e. The lowest BCUT2D eigenvalue weighted by Crippen LogP contribution is -2.29. The van der Waals surface area contributed by atoms with Crippen LogP contribution in [0.5, 0.6) is 0 Å². The summed E-state index contributed by atoms with van der Waals surface area (Å²) in [5.41, 5.74) is 5.66. The van der Waals surface area contributed by atoms with E-state index in [-0.39, 0.29) is 5.56 Å². The van der Waals surface area contributed by atoms with E-state index in [1.54, 1.807) is 0 Å².